The average molecular weight is 239 g/mol. The molecule has 84 valence electrons. The Labute approximate surface area is 98.5 Å². The Hall–Kier alpha value is -1.55. The van der Waals surface area contributed by atoms with E-state index in [4.69, 9.17) is 16.3 Å². The highest BCUT2D eigenvalue weighted by Crippen LogP contribution is 2.12. The molecule has 0 aromatic heterocycles. The Morgan fingerprint density at radius 1 is 1.50 bits per heavy atom. The highest BCUT2D eigenvalue weighted by atomic mass is 35.5. The van der Waals surface area contributed by atoms with Crippen molar-refractivity contribution in [2.75, 3.05) is 12.4 Å². The fraction of sp³-hybridized carbons (Fsp3) is 0.273. The number of cyclic esters (lactones) is 1. The summed E-state index contributed by atoms with van der Waals surface area (Å²) in [6.07, 6.45) is 0.914. The van der Waals surface area contributed by atoms with E-state index in [0.29, 0.717) is 12.4 Å². The SMILES string of the molecule is O=C1OC(CCl)CN1N=Cc1ccccc1. The summed E-state index contributed by atoms with van der Waals surface area (Å²) in [7, 11) is 0. The molecule has 16 heavy (non-hydrogen) atoms. The molecule has 1 atom stereocenters. The molecule has 1 saturated heterocycles. The van der Waals surface area contributed by atoms with Gasteiger partial charge >= 0.3 is 6.09 Å². The number of carbonyl (C=O) groups is 1. The molecule has 0 spiro atoms. The zero-order chi connectivity index (χ0) is 11.4. The second-order valence-electron chi connectivity index (χ2n) is 3.40. The van der Waals surface area contributed by atoms with E-state index in [9.17, 15) is 4.79 Å². The van der Waals surface area contributed by atoms with Crippen molar-refractivity contribution in [3.05, 3.63) is 35.9 Å². The number of nitrogens with zero attached hydrogens (tertiary/aromatic N) is 2. The lowest BCUT2D eigenvalue weighted by atomic mass is 10.2. The molecule has 1 fully saturated rings. The molecule has 0 N–H and O–H groups in total. The molecule has 5 heteroatoms. The molecule has 1 aliphatic heterocycles. The standard InChI is InChI=1S/C11H11ClN2O2/c12-6-10-8-14(11(15)16-10)13-7-9-4-2-1-3-5-9/h1-5,7,10H,6,8H2. The lowest BCUT2D eigenvalue weighted by Gasteiger charge is -2.03. The van der Waals surface area contributed by atoms with Crippen molar-refractivity contribution in [1.82, 2.24) is 5.01 Å². The van der Waals surface area contributed by atoms with Crippen LogP contribution in [0.3, 0.4) is 0 Å². The van der Waals surface area contributed by atoms with Crippen molar-refractivity contribution >= 4 is 23.9 Å². The van der Waals surface area contributed by atoms with Crippen molar-refractivity contribution in [2.24, 2.45) is 5.10 Å². The van der Waals surface area contributed by atoms with E-state index >= 15 is 0 Å². The van der Waals surface area contributed by atoms with Crippen LogP contribution in [0.15, 0.2) is 35.4 Å². The van der Waals surface area contributed by atoms with Crippen LogP contribution in [-0.4, -0.2) is 35.8 Å². The number of carbonyl (C=O) groups excluding carboxylic acids is 1. The van der Waals surface area contributed by atoms with Crippen molar-refractivity contribution in [3.8, 4) is 0 Å². The number of rotatable bonds is 3. The molecule has 1 aromatic carbocycles. The van der Waals surface area contributed by atoms with Crippen LogP contribution >= 0.6 is 11.6 Å². The van der Waals surface area contributed by atoms with Crippen LogP contribution in [0.25, 0.3) is 0 Å². The number of hydrogen-bond acceptors (Lipinski definition) is 3. The van der Waals surface area contributed by atoms with E-state index in [-0.39, 0.29) is 6.10 Å². The summed E-state index contributed by atoms with van der Waals surface area (Å²) in [6.45, 7) is 0.408. The molecule has 1 aliphatic rings. The minimum atomic E-state index is -0.446. The van der Waals surface area contributed by atoms with E-state index in [2.05, 4.69) is 5.10 Å². The predicted octanol–water partition coefficient (Wildman–Crippen LogP) is 2.08. The molecule has 1 aromatic rings. The number of hydrogen-bond donors (Lipinski definition) is 0. The molecule has 1 heterocycles. The summed E-state index contributed by atoms with van der Waals surface area (Å²) < 4.78 is 4.95. The second-order valence-corrected chi connectivity index (χ2v) is 3.71. The lowest BCUT2D eigenvalue weighted by molar-refractivity contribution is 0.140. The van der Waals surface area contributed by atoms with Gasteiger partial charge in [-0.05, 0) is 5.56 Å². The summed E-state index contributed by atoms with van der Waals surface area (Å²) in [6, 6.07) is 9.55. The van der Waals surface area contributed by atoms with Gasteiger partial charge in [0.1, 0.15) is 6.10 Å². The van der Waals surface area contributed by atoms with Crippen LogP contribution in [0.2, 0.25) is 0 Å². The third-order valence-corrected chi connectivity index (χ3v) is 2.52. The van der Waals surface area contributed by atoms with E-state index in [1.165, 1.54) is 5.01 Å². The Bertz CT molecular complexity index is 394. The van der Waals surface area contributed by atoms with E-state index < -0.39 is 6.09 Å². The minimum absolute atomic E-state index is 0.262. The zero-order valence-corrected chi connectivity index (χ0v) is 9.30. The van der Waals surface area contributed by atoms with Crippen molar-refractivity contribution in [2.45, 2.75) is 6.10 Å². The number of hydrazone groups is 1. The molecular weight excluding hydrogens is 228 g/mol. The van der Waals surface area contributed by atoms with Gasteiger partial charge in [-0.1, -0.05) is 30.3 Å². The summed E-state index contributed by atoms with van der Waals surface area (Å²) >= 11 is 5.60. The predicted molar refractivity (Wildman–Crippen MR) is 61.7 cm³/mol. The Morgan fingerprint density at radius 2 is 2.25 bits per heavy atom. The van der Waals surface area contributed by atoms with Crippen molar-refractivity contribution in [1.29, 1.82) is 0 Å². The van der Waals surface area contributed by atoms with Gasteiger partial charge in [0.05, 0.1) is 18.6 Å². The van der Waals surface area contributed by atoms with Crippen LogP contribution in [0.5, 0.6) is 0 Å². The van der Waals surface area contributed by atoms with Crippen molar-refractivity contribution < 1.29 is 9.53 Å². The van der Waals surface area contributed by atoms with Crippen molar-refractivity contribution in [3.63, 3.8) is 0 Å². The molecule has 0 saturated carbocycles. The van der Waals surface area contributed by atoms with Gasteiger partial charge in [-0.2, -0.15) is 10.1 Å². The summed E-state index contributed by atoms with van der Waals surface area (Å²) in [5, 5.41) is 5.33. The van der Waals surface area contributed by atoms with Gasteiger partial charge in [-0.15, -0.1) is 11.6 Å². The highest BCUT2D eigenvalue weighted by molar-refractivity contribution is 6.18. The van der Waals surface area contributed by atoms with Crippen LogP contribution in [0, 0.1) is 0 Å². The van der Waals surface area contributed by atoms with E-state index in [0.717, 1.165) is 5.56 Å². The first-order valence-corrected chi connectivity index (χ1v) is 5.46. The fourth-order valence-electron chi connectivity index (χ4n) is 1.36. The fourth-order valence-corrected chi connectivity index (χ4v) is 1.52. The number of ether oxygens (including phenoxy) is 1. The molecule has 1 amide bonds. The Balaban J connectivity index is 2.00. The summed E-state index contributed by atoms with van der Waals surface area (Å²) in [5.41, 5.74) is 0.935. The Kier molecular flexibility index (Phi) is 3.41. The molecule has 0 aliphatic carbocycles. The molecular formula is C11H11ClN2O2. The van der Waals surface area contributed by atoms with Gasteiger partial charge in [-0.3, -0.25) is 0 Å². The first kappa shape index (κ1) is 11.0. The van der Waals surface area contributed by atoms with E-state index in [1.54, 1.807) is 6.21 Å². The minimum Gasteiger partial charge on any atom is -0.442 e. The number of benzene rings is 1. The number of halogens is 1. The normalized spacial score (nSPS) is 20.4. The average Bonchev–Trinajstić information content (AvgIpc) is 2.69. The quantitative estimate of drug-likeness (QED) is 0.598. The molecule has 0 radical (unpaired) electrons. The monoisotopic (exact) mass is 238 g/mol. The topological polar surface area (TPSA) is 41.9 Å². The molecule has 1 unspecified atom stereocenters. The third-order valence-electron chi connectivity index (χ3n) is 2.17. The van der Waals surface area contributed by atoms with Crippen LogP contribution < -0.4 is 0 Å². The second kappa shape index (κ2) is 4.99. The molecule has 2 rings (SSSR count). The van der Waals surface area contributed by atoms with Gasteiger partial charge < -0.3 is 4.74 Å². The lowest BCUT2D eigenvalue weighted by Crippen LogP contribution is -2.19. The maximum Gasteiger partial charge on any atom is 0.430 e. The van der Waals surface area contributed by atoms with Gasteiger partial charge in [0.25, 0.3) is 0 Å². The van der Waals surface area contributed by atoms with Crippen LogP contribution in [0.4, 0.5) is 4.79 Å². The van der Waals surface area contributed by atoms with Crippen LogP contribution in [0.1, 0.15) is 5.56 Å². The maximum absolute atomic E-state index is 11.3. The van der Waals surface area contributed by atoms with E-state index in [1.807, 2.05) is 30.3 Å². The summed E-state index contributed by atoms with van der Waals surface area (Å²) in [4.78, 5) is 11.3. The summed E-state index contributed by atoms with van der Waals surface area (Å²) in [5.74, 6) is 0.295. The third kappa shape index (κ3) is 2.52. The van der Waals surface area contributed by atoms with Gasteiger partial charge in [0, 0.05) is 0 Å². The first-order valence-electron chi connectivity index (χ1n) is 4.93. The zero-order valence-electron chi connectivity index (χ0n) is 8.54. The van der Waals surface area contributed by atoms with Gasteiger partial charge in [0.15, 0.2) is 0 Å². The first-order chi connectivity index (χ1) is 7.79. The van der Waals surface area contributed by atoms with Gasteiger partial charge in [0.2, 0.25) is 0 Å². The Morgan fingerprint density at radius 3 is 2.88 bits per heavy atom. The molecule has 4 nitrogen and oxygen atoms in total. The highest BCUT2D eigenvalue weighted by Gasteiger charge is 2.30. The van der Waals surface area contributed by atoms with Crippen LogP contribution in [-0.2, 0) is 4.74 Å². The number of alkyl halides is 1. The molecule has 0 bridgehead atoms. The number of amides is 1. The smallest absolute Gasteiger partial charge is 0.430 e. The van der Waals surface area contributed by atoms with Gasteiger partial charge in [-0.25, -0.2) is 4.79 Å². The maximum atomic E-state index is 11.3. The largest absolute Gasteiger partial charge is 0.442 e.